The maximum atomic E-state index is 5.89. The van der Waals surface area contributed by atoms with E-state index in [1.165, 1.54) is 5.56 Å². The second kappa shape index (κ2) is 7.09. The molecule has 1 saturated carbocycles. The molecule has 1 N–H and O–H groups in total. The Morgan fingerprint density at radius 3 is 2.55 bits per heavy atom. The van der Waals surface area contributed by atoms with E-state index in [0.717, 1.165) is 25.2 Å². The number of nitrogens with one attached hydrogen (secondary N) is 1. The van der Waals surface area contributed by atoms with Crippen molar-refractivity contribution in [2.75, 3.05) is 6.61 Å². The lowest BCUT2D eigenvalue weighted by molar-refractivity contribution is -0.0120. The van der Waals surface area contributed by atoms with E-state index < -0.39 is 0 Å². The summed E-state index contributed by atoms with van der Waals surface area (Å²) < 4.78 is 11.5. The number of benzene rings is 1. The van der Waals surface area contributed by atoms with Crippen molar-refractivity contribution in [1.82, 2.24) is 5.32 Å². The molecule has 20 heavy (non-hydrogen) atoms. The largest absolute Gasteiger partial charge is 0.491 e. The normalized spacial score (nSPS) is 23.4. The highest BCUT2D eigenvalue weighted by Gasteiger charge is 2.30. The molecule has 0 bridgehead atoms. The SMILES string of the molecule is CCOC1CC(NC(C)c2ccccc2OC(C)C)C1. The maximum absolute atomic E-state index is 5.89. The molecule has 112 valence electrons. The summed E-state index contributed by atoms with van der Waals surface area (Å²) >= 11 is 0. The summed E-state index contributed by atoms with van der Waals surface area (Å²) in [6.45, 7) is 9.21. The van der Waals surface area contributed by atoms with Crippen molar-refractivity contribution >= 4 is 0 Å². The van der Waals surface area contributed by atoms with Crippen LogP contribution in [0.2, 0.25) is 0 Å². The minimum absolute atomic E-state index is 0.203. The Kier molecular flexibility index (Phi) is 5.44. The van der Waals surface area contributed by atoms with Gasteiger partial charge < -0.3 is 14.8 Å². The van der Waals surface area contributed by atoms with Crippen molar-refractivity contribution in [2.45, 2.75) is 64.8 Å². The Bertz CT molecular complexity index is 413. The van der Waals surface area contributed by atoms with E-state index in [1.54, 1.807) is 0 Å². The summed E-state index contributed by atoms with van der Waals surface area (Å²) in [5.74, 6) is 0.989. The van der Waals surface area contributed by atoms with Crippen LogP contribution in [0, 0.1) is 0 Å². The Morgan fingerprint density at radius 2 is 1.90 bits per heavy atom. The molecule has 3 nitrogen and oxygen atoms in total. The molecule has 1 fully saturated rings. The van der Waals surface area contributed by atoms with Crippen molar-refractivity contribution in [3.05, 3.63) is 29.8 Å². The predicted molar refractivity (Wildman–Crippen MR) is 82.2 cm³/mol. The average Bonchev–Trinajstić information content (AvgIpc) is 2.36. The first-order chi connectivity index (χ1) is 9.60. The van der Waals surface area contributed by atoms with Gasteiger partial charge in [0, 0.05) is 24.3 Å². The molecule has 0 amide bonds. The highest BCUT2D eigenvalue weighted by Crippen LogP contribution is 2.30. The third-order valence-electron chi connectivity index (χ3n) is 3.73. The number of hydrogen-bond donors (Lipinski definition) is 1. The third-order valence-corrected chi connectivity index (χ3v) is 3.73. The van der Waals surface area contributed by atoms with Crippen molar-refractivity contribution in [2.24, 2.45) is 0 Å². The van der Waals surface area contributed by atoms with E-state index in [9.17, 15) is 0 Å². The van der Waals surface area contributed by atoms with Gasteiger partial charge in [-0.15, -0.1) is 0 Å². The van der Waals surface area contributed by atoms with Gasteiger partial charge in [-0.05, 0) is 46.6 Å². The van der Waals surface area contributed by atoms with Gasteiger partial charge in [-0.3, -0.25) is 0 Å². The Balaban J connectivity index is 1.91. The van der Waals surface area contributed by atoms with Crippen molar-refractivity contribution < 1.29 is 9.47 Å². The van der Waals surface area contributed by atoms with Crippen LogP contribution in [0.15, 0.2) is 24.3 Å². The van der Waals surface area contributed by atoms with Crippen LogP contribution < -0.4 is 10.1 Å². The topological polar surface area (TPSA) is 30.5 Å². The fourth-order valence-corrected chi connectivity index (χ4v) is 2.72. The van der Waals surface area contributed by atoms with Gasteiger partial charge in [-0.1, -0.05) is 18.2 Å². The first kappa shape index (κ1) is 15.3. The molecule has 1 aliphatic rings. The van der Waals surface area contributed by atoms with Crippen LogP contribution >= 0.6 is 0 Å². The van der Waals surface area contributed by atoms with Crippen molar-refractivity contribution in [3.8, 4) is 5.75 Å². The zero-order valence-electron chi connectivity index (χ0n) is 13.1. The fraction of sp³-hybridized carbons (Fsp3) is 0.647. The Hall–Kier alpha value is -1.06. The second-order valence-corrected chi connectivity index (χ2v) is 5.84. The molecule has 0 saturated heterocycles. The van der Waals surface area contributed by atoms with Crippen LogP contribution in [0.4, 0.5) is 0 Å². The first-order valence-corrected chi connectivity index (χ1v) is 7.73. The number of para-hydroxylation sites is 1. The van der Waals surface area contributed by atoms with Gasteiger partial charge in [0.25, 0.3) is 0 Å². The molecule has 1 atom stereocenters. The summed E-state index contributed by atoms with van der Waals surface area (Å²) in [6.07, 6.45) is 2.89. The van der Waals surface area contributed by atoms with Crippen LogP contribution in [0.3, 0.4) is 0 Å². The molecule has 1 aromatic rings. The molecule has 2 rings (SSSR count). The summed E-state index contributed by atoms with van der Waals surface area (Å²) in [6, 6.07) is 9.17. The molecule has 1 unspecified atom stereocenters. The lowest BCUT2D eigenvalue weighted by Gasteiger charge is -2.37. The van der Waals surface area contributed by atoms with Gasteiger partial charge >= 0.3 is 0 Å². The van der Waals surface area contributed by atoms with E-state index in [2.05, 4.69) is 51.2 Å². The Morgan fingerprint density at radius 1 is 1.20 bits per heavy atom. The van der Waals surface area contributed by atoms with Crippen LogP contribution in [-0.2, 0) is 4.74 Å². The summed E-state index contributed by atoms with van der Waals surface area (Å²) in [5.41, 5.74) is 1.24. The fourth-order valence-electron chi connectivity index (χ4n) is 2.72. The Labute approximate surface area is 122 Å². The van der Waals surface area contributed by atoms with E-state index in [0.29, 0.717) is 18.2 Å². The van der Waals surface area contributed by atoms with Gasteiger partial charge in [0.2, 0.25) is 0 Å². The van der Waals surface area contributed by atoms with Gasteiger partial charge in [0.1, 0.15) is 5.75 Å². The standard InChI is InChI=1S/C17H27NO2/c1-5-19-15-10-14(11-15)18-13(4)16-8-6-7-9-17(16)20-12(2)3/h6-9,12-15,18H,5,10-11H2,1-4H3. The average molecular weight is 277 g/mol. The number of hydrogen-bond acceptors (Lipinski definition) is 3. The lowest BCUT2D eigenvalue weighted by atomic mass is 9.88. The highest BCUT2D eigenvalue weighted by atomic mass is 16.5. The van der Waals surface area contributed by atoms with Crippen molar-refractivity contribution in [3.63, 3.8) is 0 Å². The van der Waals surface area contributed by atoms with E-state index >= 15 is 0 Å². The molecule has 0 heterocycles. The van der Waals surface area contributed by atoms with Crippen LogP contribution in [0.1, 0.15) is 52.1 Å². The molecule has 0 aliphatic heterocycles. The molecule has 1 aromatic carbocycles. The zero-order valence-corrected chi connectivity index (χ0v) is 13.1. The van der Waals surface area contributed by atoms with Crippen molar-refractivity contribution in [1.29, 1.82) is 0 Å². The molecule has 1 aliphatic carbocycles. The van der Waals surface area contributed by atoms with E-state index in [1.807, 2.05) is 6.07 Å². The maximum Gasteiger partial charge on any atom is 0.124 e. The van der Waals surface area contributed by atoms with E-state index in [4.69, 9.17) is 9.47 Å². The van der Waals surface area contributed by atoms with Crippen LogP contribution in [-0.4, -0.2) is 24.9 Å². The molecule has 0 radical (unpaired) electrons. The zero-order chi connectivity index (χ0) is 14.5. The van der Waals surface area contributed by atoms with Gasteiger partial charge in [0.15, 0.2) is 0 Å². The summed E-state index contributed by atoms with van der Waals surface area (Å²) in [5, 5.41) is 3.67. The molecule has 0 aromatic heterocycles. The highest BCUT2D eigenvalue weighted by molar-refractivity contribution is 5.35. The quantitative estimate of drug-likeness (QED) is 0.824. The third kappa shape index (κ3) is 3.97. The number of ether oxygens (including phenoxy) is 2. The summed E-state index contributed by atoms with van der Waals surface area (Å²) in [4.78, 5) is 0. The van der Waals surface area contributed by atoms with Crippen LogP contribution in [0.25, 0.3) is 0 Å². The predicted octanol–water partition coefficient (Wildman–Crippen LogP) is 3.69. The van der Waals surface area contributed by atoms with Gasteiger partial charge in [0.05, 0.1) is 12.2 Å². The molecular weight excluding hydrogens is 250 g/mol. The lowest BCUT2D eigenvalue weighted by Crippen LogP contribution is -2.46. The van der Waals surface area contributed by atoms with Crippen LogP contribution in [0.5, 0.6) is 5.75 Å². The number of rotatable bonds is 7. The van der Waals surface area contributed by atoms with Gasteiger partial charge in [-0.25, -0.2) is 0 Å². The first-order valence-electron chi connectivity index (χ1n) is 7.73. The summed E-state index contributed by atoms with van der Waals surface area (Å²) in [7, 11) is 0. The minimum atomic E-state index is 0.203. The second-order valence-electron chi connectivity index (χ2n) is 5.84. The minimum Gasteiger partial charge on any atom is -0.491 e. The molecular formula is C17H27NO2. The molecule has 0 spiro atoms. The molecule has 3 heteroatoms. The van der Waals surface area contributed by atoms with Gasteiger partial charge in [-0.2, -0.15) is 0 Å². The smallest absolute Gasteiger partial charge is 0.124 e. The van der Waals surface area contributed by atoms with E-state index in [-0.39, 0.29) is 6.10 Å². The monoisotopic (exact) mass is 277 g/mol.